The summed E-state index contributed by atoms with van der Waals surface area (Å²) >= 11 is 0. The van der Waals surface area contributed by atoms with Crippen LogP contribution in [-0.4, -0.2) is 165 Å². The molecule has 0 saturated carbocycles. The molecule has 1 aliphatic rings. The standard InChI is InChI=1S/C69H112N8O11/c1-15-47(8)64(76(12)68(85)55(45(4)5)42-60(81)63(46(6)7)75(10)11)61(87-13)43-62(82)77-37-23-28-57(77)65(88-14)48(9)58(79)40-52(38-50-24-18-16-19-25-50)66(83)72-36-33-49-29-31-51(32-30-49)39-59(80)56(27-22-35-73-69(71)86)74-67(84)54(44(2)3)41-53(78)26-20-17-21-34-70/h16,18-19,24-25,29-32,44-48,52,54-57,61,63-65H,15,17,20-23,26-28,33-43,70H2,1-14H3,(H,72,83)(H,74,84)(H3,71,73,86)/t47?,48?,52-,54-,55+,56?,57?,61?,63?,64?,65?/m1/s1. The number of hydrogen-bond acceptors (Lipinski definition) is 13. The first-order valence-corrected chi connectivity index (χ1v) is 32.5. The predicted octanol–water partition coefficient (Wildman–Crippen LogP) is 7.70. The molecule has 19 nitrogen and oxygen atoms in total. The van der Waals surface area contributed by atoms with Crippen molar-refractivity contribution in [2.75, 3.05) is 61.5 Å². The number of ketones is 4. The van der Waals surface area contributed by atoms with Crippen molar-refractivity contribution in [3.05, 3.63) is 71.3 Å². The van der Waals surface area contributed by atoms with Gasteiger partial charge in [0.2, 0.25) is 23.6 Å². The van der Waals surface area contributed by atoms with Crippen LogP contribution in [0.1, 0.15) is 162 Å². The van der Waals surface area contributed by atoms with Gasteiger partial charge >= 0.3 is 6.03 Å². The Labute approximate surface area is 527 Å². The largest absolute Gasteiger partial charge is 0.379 e. The number of nitrogens with two attached hydrogens (primary N) is 2. The Morgan fingerprint density at radius 2 is 1.33 bits per heavy atom. The second kappa shape index (κ2) is 39.3. The van der Waals surface area contributed by atoms with Gasteiger partial charge in [-0.15, -0.1) is 0 Å². The molecule has 0 radical (unpaired) electrons. The Morgan fingerprint density at radius 3 is 1.90 bits per heavy atom. The Bertz CT molecular complexity index is 2500. The zero-order valence-electron chi connectivity index (χ0n) is 55.9. The molecule has 2 aromatic rings. The van der Waals surface area contributed by atoms with Gasteiger partial charge in [-0.1, -0.05) is 130 Å². The van der Waals surface area contributed by atoms with Gasteiger partial charge in [0, 0.05) is 96.7 Å². The average Bonchev–Trinajstić information content (AvgIpc) is 2.47. The van der Waals surface area contributed by atoms with E-state index in [0.717, 1.165) is 36.0 Å². The van der Waals surface area contributed by atoms with Crippen molar-refractivity contribution in [3.63, 3.8) is 0 Å². The molecule has 2 aromatic carbocycles. The predicted molar refractivity (Wildman–Crippen MR) is 346 cm³/mol. The molecule has 0 aromatic heterocycles. The lowest BCUT2D eigenvalue weighted by atomic mass is 9.83. The van der Waals surface area contributed by atoms with Gasteiger partial charge in [0.15, 0.2) is 11.6 Å². The number of Topliss-reactive ketones (excluding diaryl/α,β-unsaturated/α-hetero) is 4. The van der Waals surface area contributed by atoms with Crippen molar-refractivity contribution in [1.82, 2.24) is 30.7 Å². The second-order valence-electron chi connectivity index (χ2n) is 26.0. The molecule has 0 aliphatic carbocycles. The molecule has 3 rings (SSSR count). The molecule has 1 aliphatic heterocycles. The minimum Gasteiger partial charge on any atom is -0.379 e. The SMILES string of the molecule is CCC(C)C(C(CC(=O)N1CCCC1C(OC)C(C)C(=O)C[C@@H](Cc1ccccc1)C(=O)NCCc1ccc(CC(=O)C(CCCNC(N)=O)NC(=O)[C@H](CC(=O)CCCCCN)C(C)C)cc1)OC)N(C)C(=O)[C@@H](CC(=O)C(C(C)C)N(C)C)C(C)C. The smallest absolute Gasteiger partial charge is 0.312 e. The number of primary amides is 1. The number of nitrogens with zero attached hydrogens (tertiary/aromatic N) is 3. The summed E-state index contributed by atoms with van der Waals surface area (Å²) in [6.45, 7) is 19.2. The number of hydrogen-bond donors (Lipinski definition) is 5. The fourth-order valence-electron chi connectivity index (χ4n) is 12.7. The maximum absolute atomic E-state index is 14.6. The molecule has 0 bridgehead atoms. The normalized spacial score (nSPS) is 16.9. The number of ether oxygens (including phenoxy) is 2. The number of likely N-dealkylation sites (N-methyl/N-ethyl adjacent to an activating group) is 2. The Morgan fingerprint density at radius 1 is 0.682 bits per heavy atom. The summed E-state index contributed by atoms with van der Waals surface area (Å²) in [4.78, 5) is 129. The molecule has 1 heterocycles. The van der Waals surface area contributed by atoms with Crippen LogP contribution in [0.15, 0.2) is 54.6 Å². The molecule has 19 heteroatoms. The van der Waals surface area contributed by atoms with Crippen molar-refractivity contribution < 1.29 is 52.6 Å². The Balaban J connectivity index is 1.74. The first kappa shape index (κ1) is 76.4. The fourth-order valence-corrected chi connectivity index (χ4v) is 12.7. The zero-order chi connectivity index (χ0) is 65.8. The Kier molecular flexibility index (Phi) is 34.1. The van der Waals surface area contributed by atoms with Crippen LogP contribution >= 0.6 is 0 Å². The van der Waals surface area contributed by atoms with Gasteiger partial charge in [0.05, 0.1) is 42.8 Å². The molecule has 6 amide bonds. The Hall–Kier alpha value is -5.89. The van der Waals surface area contributed by atoms with Crippen molar-refractivity contribution in [2.45, 2.75) is 201 Å². The third-order valence-corrected chi connectivity index (χ3v) is 18.1. The molecule has 494 valence electrons. The van der Waals surface area contributed by atoms with Crippen LogP contribution in [-0.2, 0) is 67.1 Å². The molecule has 7 N–H and O–H groups in total. The highest BCUT2D eigenvalue weighted by atomic mass is 16.5. The molecule has 0 spiro atoms. The maximum Gasteiger partial charge on any atom is 0.312 e. The first-order valence-electron chi connectivity index (χ1n) is 32.5. The van der Waals surface area contributed by atoms with Gasteiger partial charge in [-0.3, -0.25) is 43.3 Å². The van der Waals surface area contributed by atoms with Crippen molar-refractivity contribution in [1.29, 1.82) is 0 Å². The third-order valence-electron chi connectivity index (χ3n) is 18.1. The van der Waals surface area contributed by atoms with Crippen molar-refractivity contribution >= 4 is 52.8 Å². The van der Waals surface area contributed by atoms with Crippen LogP contribution in [0.2, 0.25) is 0 Å². The fraction of sp³-hybridized carbons (Fsp3) is 0.696. The van der Waals surface area contributed by atoms with E-state index in [1.165, 1.54) is 0 Å². The molecular formula is C69H112N8O11. The van der Waals surface area contributed by atoms with Gasteiger partial charge < -0.3 is 46.7 Å². The number of nitrogens with one attached hydrogen (secondary N) is 3. The zero-order valence-corrected chi connectivity index (χ0v) is 55.9. The molecule has 1 fully saturated rings. The summed E-state index contributed by atoms with van der Waals surface area (Å²) in [5, 5.41) is 8.55. The first-order chi connectivity index (χ1) is 41.7. The quantitative estimate of drug-likeness (QED) is 0.0399. The van der Waals surface area contributed by atoms with E-state index in [-0.39, 0.29) is 128 Å². The summed E-state index contributed by atoms with van der Waals surface area (Å²) in [6, 6.07) is 14.3. The summed E-state index contributed by atoms with van der Waals surface area (Å²) in [7, 11) is 8.65. The second-order valence-corrected chi connectivity index (χ2v) is 26.0. The molecule has 11 atom stereocenters. The molecular weight excluding hydrogens is 1120 g/mol. The highest BCUT2D eigenvalue weighted by molar-refractivity contribution is 5.93. The van der Waals surface area contributed by atoms with E-state index >= 15 is 0 Å². The topological polar surface area (TPSA) is 270 Å². The van der Waals surface area contributed by atoms with E-state index < -0.39 is 60.0 Å². The maximum atomic E-state index is 14.6. The van der Waals surface area contributed by atoms with E-state index in [1.54, 1.807) is 31.1 Å². The lowest BCUT2D eigenvalue weighted by Gasteiger charge is -2.41. The van der Waals surface area contributed by atoms with Crippen molar-refractivity contribution in [3.8, 4) is 0 Å². The highest BCUT2D eigenvalue weighted by Crippen LogP contribution is 2.32. The van der Waals surface area contributed by atoms with Crippen LogP contribution in [0.25, 0.3) is 0 Å². The van der Waals surface area contributed by atoms with E-state index in [1.807, 2.05) is 129 Å². The lowest BCUT2D eigenvalue weighted by Crippen LogP contribution is -2.54. The third kappa shape index (κ3) is 24.5. The van der Waals surface area contributed by atoms with Gasteiger partial charge in [-0.2, -0.15) is 0 Å². The summed E-state index contributed by atoms with van der Waals surface area (Å²) in [5.41, 5.74) is 13.4. The highest BCUT2D eigenvalue weighted by Gasteiger charge is 2.44. The van der Waals surface area contributed by atoms with E-state index in [2.05, 4.69) is 22.9 Å². The molecule has 88 heavy (non-hydrogen) atoms. The number of carbonyl (C=O) groups excluding carboxylic acids is 9. The van der Waals surface area contributed by atoms with Gasteiger partial charge in [-0.25, -0.2) is 4.79 Å². The minimum atomic E-state index is -0.861. The number of unbranched alkanes of at least 4 members (excludes halogenated alkanes) is 2. The van der Waals surface area contributed by atoms with Crippen LogP contribution in [0.3, 0.4) is 0 Å². The molecule has 1 saturated heterocycles. The van der Waals surface area contributed by atoms with Crippen LogP contribution < -0.4 is 27.4 Å². The number of rotatable bonds is 43. The average molecular weight is 1230 g/mol. The number of amides is 6. The van der Waals surface area contributed by atoms with Gasteiger partial charge in [0.1, 0.15) is 11.6 Å². The molecule has 8 unspecified atom stereocenters. The summed E-state index contributed by atoms with van der Waals surface area (Å²) in [6.07, 6.45) is 5.04. The van der Waals surface area contributed by atoms with Crippen molar-refractivity contribution in [2.24, 2.45) is 58.8 Å². The monoisotopic (exact) mass is 1230 g/mol. The van der Waals surface area contributed by atoms with Crippen LogP contribution in [0.4, 0.5) is 4.79 Å². The lowest BCUT2D eigenvalue weighted by molar-refractivity contribution is -0.149. The number of urea groups is 1. The number of benzene rings is 2. The number of carbonyl (C=O) groups is 9. The number of methoxy groups -OCH3 is 2. The summed E-state index contributed by atoms with van der Waals surface area (Å²) < 4.78 is 12.3. The minimum absolute atomic E-state index is 0.00390. The van der Waals surface area contributed by atoms with E-state index in [9.17, 15) is 43.2 Å². The van der Waals surface area contributed by atoms with Gasteiger partial charge in [0.25, 0.3) is 0 Å². The van der Waals surface area contributed by atoms with Crippen LogP contribution in [0, 0.1) is 47.3 Å². The van der Waals surface area contributed by atoms with E-state index in [4.69, 9.17) is 20.9 Å². The summed E-state index contributed by atoms with van der Waals surface area (Å²) in [5.74, 6) is -4.08. The van der Waals surface area contributed by atoms with E-state index in [0.29, 0.717) is 58.0 Å². The number of likely N-dealkylation sites (tertiary alicyclic amines) is 1. The van der Waals surface area contributed by atoms with Crippen LogP contribution in [0.5, 0.6) is 0 Å². The van der Waals surface area contributed by atoms with Gasteiger partial charge in [-0.05, 0) is 112 Å².